The van der Waals surface area contributed by atoms with Crippen LogP contribution in [0.5, 0.6) is 0 Å². The first-order valence-electron chi connectivity index (χ1n) is 6.50. The zero-order valence-electron chi connectivity index (χ0n) is 11.6. The molecule has 0 aromatic carbocycles. The summed E-state index contributed by atoms with van der Waals surface area (Å²) in [5, 5.41) is 10.1. The van der Waals surface area contributed by atoms with Gasteiger partial charge in [0.05, 0.1) is 6.10 Å². The van der Waals surface area contributed by atoms with Gasteiger partial charge in [-0.2, -0.15) is 0 Å². The van der Waals surface area contributed by atoms with Gasteiger partial charge in [-0.1, -0.05) is 0 Å². The molecule has 2 heterocycles. The summed E-state index contributed by atoms with van der Waals surface area (Å²) in [5.41, 5.74) is -0.564. The number of likely N-dealkylation sites (tertiary alicyclic amines) is 1. The molecule has 1 N–H and O–H groups in total. The Balaban J connectivity index is 2.13. The predicted octanol–water partition coefficient (Wildman–Crippen LogP) is 1.59. The predicted molar refractivity (Wildman–Crippen MR) is 67.1 cm³/mol. The molecule has 6 nitrogen and oxygen atoms in total. The first-order valence-corrected chi connectivity index (χ1v) is 6.50. The lowest BCUT2D eigenvalue weighted by Gasteiger charge is -2.39. The Morgan fingerprint density at radius 1 is 1.53 bits per heavy atom. The van der Waals surface area contributed by atoms with Crippen LogP contribution >= 0.6 is 0 Å². The average molecular weight is 271 g/mol. The van der Waals surface area contributed by atoms with Gasteiger partial charge in [0, 0.05) is 6.54 Å². The average Bonchev–Trinajstić information content (AvgIpc) is 2.79. The maximum atomic E-state index is 12.2. The van der Waals surface area contributed by atoms with Crippen molar-refractivity contribution in [1.82, 2.24) is 4.90 Å². The second-order valence-corrected chi connectivity index (χ2v) is 5.78. The van der Waals surface area contributed by atoms with E-state index in [1.807, 2.05) is 20.8 Å². The molecular weight excluding hydrogens is 250 g/mol. The van der Waals surface area contributed by atoms with Crippen LogP contribution in [-0.4, -0.2) is 47.2 Å². The van der Waals surface area contributed by atoms with E-state index in [0.717, 1.165) is 6.42 Å². The van der Waals surface area contributed by atoms with E-state index in [4.69, 9.17) is 14.2 Å². The Labute approximate surface area is 112 Å². The van der Waals surface area contributed by atoms with Gasteiger partial charge in [-0.15, -0.1) is 0 Å². The molecule has 0 bridgehead atoms. The maximum Gasteiger partial charge on any atom is 0.411 e. The van der Waals surface area contributed by atoms with Crippen LogP contribution in [0.15, 0.2) is 12.0 Å². The molecule has 19 heavy (non-hydrogen) atoms. The van der Waals surface area contributed by atoms with Crippen molar-refractivity contribution in [2.45, 2.75) is 51.4 Å². The van der Waals surface area contributed by atoms with E-state index in [9.17, 15) is 9.90 Å². The van der Waals surface area contributed by atoms with Crippen LogP contribution in [0, 0.1) is 0 Å². The topological polar surface area (TPSA) is 68.2 Å². The molecule has 0 saturated carbocycles. The highest BCUT2D eigenvalue weighted by atomic mass is 16.7. The summed E-state index contributed by atoms with van der Waals surface area (Å²) in [6.45, 7) is 6.11. The fraction of sp³-hybridized carbons (Fsp3) is 0.769. The second-order valence-electron chi connectivity index (χ2n) is 5.78. The number of aliphatic hydroxyl groups excluding tert-OH is 1. The summed E-state index contributed by atoms with van der Waals surface area (Å²) in [5.74, 6) is 0.484. The van der Waals surface area contributed by atoms with Gasteiger partial charge in [-0.05, 0) is 33.6 Å². The summed E-state index contributed by atoms with van der Waals surface area (Å²) in [6.07, 6.45) is 1.73. The molecule has 1 fully saturated rings. The van der Waals surface area contributed by atoms with Crippen molar-refractivity contribution in [2.24, 2.45) is 0 Å². The van der Waals surface area contributed by atoms with Crippen LogP contribution in [0.3, 0.4) is 0 Å². The van der Waals surface area contributed by atoms with E-state index in [0.29, 0.717) is 18.7 Å². The Kier molecular flexibility index (Phi) is 3.89. The third-order valence-electron chi connectivity index (χ3n) is 3.01. The molecule has 2 aliphatic rings. The van der Waals surface area contributed by atoms with E-state index in [-0.39, 0.29) is 6.79 Å². The van der Waals surface area contributed by atoms with Crippen molar-refractivity contribution in [3.05, 3.63) is 12.0 Å². The van der Waals surface area contributed by atoms with E-state index < -0.39 is 23.8 Å². The van der Waals surface area contributed by atoms with Gasteiger partial charge in [0.2, 0.25) is 6.79 Å². The first kappa shape index (κ1) is 14.0. The molecule has 1 amide bonds. The van der Waals surface area contributed by atoms with Crippen LogP contribution in [0.2, 0.25) is 0 Å². The van der Waals surface area contributed by atoms with Crippen molar-refractivity contribution in [2.75, 3.05) is 13.3 Å². The Hall–Kier alpha value is -1.43. The number of rotatable bonds is 1. The number of carbonyl (C=O) groups is 1. The summed E-state index contributed by atoms with van der Waals surface area (Å²) in [6, 6.07) is -0.522. The van der Waals surface area contributed by atoms with Crippen LogP contribution in [-0.2, 0) is 14.2 Å². The Morgan fingerprint density at radius 2 is 2.26 bits per heavy atom. The summed E-state index contributed by atoms with van der Waals surface area (Å²) < 4.78 is 15.7. The lowest BCUT2D eigenvalue weighted by atomic mass is 9.98. The molecule has 108 valence electrons. The van der Waals surface area contributed by atoms with Crippen LogP contribution in [0.1, 0.15) is 33.6 Å². The fourth-order valence-corrected chi connectivity index (χ4v) is 2.25. The van der Waals surface area contributed by atoms with Crippen LogP contribution in [0.4, 0.5) is 4.79 Å². The van der Waals surface area contributed by atoms with E-state index >= 15 is 0 Å². The van der Waals surface area contributed by atoms with E-state index in [1.165, 1.54) is 11.2 Å². The zero-order valence-corrected chi connectivity index (χ0v) is 11.6. The number of hydrogen-bond acceptors (Lipinski definition) is 5. The van der Waals surface area contributed by atoms with Crippen LogP contribution in [0.25, 0.3) is 0 Å². The minimum atomic E-state index is -0.658. The fourth-order valence-electron chi connectivity index (χ4n) is 2.25. The molecule has 1 saturated heterocycles. The van der Waals surface area contributed by atoms with Crippen molar-refractivity contribution < 1.29 is 24.1 Å². The number of piperidine rings is 1. The van der Waals surface area contributed by atoms with Gasteiger partial charge in [0.15, 0.2) is 5.76 Å². The number of nitrogens with zero attached hydrogens (tertiary/aromatic N) is 1. The molecule has 2 rings (SSSR count). The molecule has 2 atom stereocenters. The van der Waals surface area contributed by atoms with Crippen molar-refractivity contribution in [3.63, 3.8) is 0 Å². The van der Waals surface area contributed by atoms with Crippen LogP contribution < -0.4 is 0 Å². The van der Waals surface area contributed by atoms with Gasteiger partial charge in [-0.3, -0.25) is 4.90 Å². The number of aliphatic hydroxyl groups is 1. The quantitative estimate of drug-likeness (QED) is 0.784. The molecule has 0 radical (unpaired) electrons. The highest BCUT2D eigenvalue weighted by Gasteiger charge is 2.40. The Bertz CT molecular complexity index is 374. The van der Waals surface area contributed by atoms with Gasteiger partial charge in [0.25, 0.3) is 0 Å². The number of ether oxygens (including phenoxy) is 3. The first-order chi connectivity index (χ1) is 8.88. The molecule has 2 aliphatic heterocycles. The minimum absolute atomic E-state index is 0.126. The van der Waals surface area contributed by atoms with E-state index in [1.54, 1.807) is 0 Å². The van der Waals surface area contributed by atoms with Gasteiger partial charge in [0.1, 0.15) is 17.9 Å². The standard InChI is InChI=1S/C13H21NO5/c1-13(2,3)19-12(16)14-6-4-5-9(15)11(14)10-7-17-8-18-10/h7,9,11,15H,4-6,8H2,1-3H3. The summed E-state index contributed by atoms with van der Waals surface area (Å²) in [4.78, 5) is 13.7. The van der Waals surface area contributed by atoms with Gasteiger partial charge < -0.3 is 19.3 Å². The van der Waals surface area contributed by atoms with Crippen molar-refractivity contribution in [3.8, 4) is 0 Å². The molecule has 0 aromatic rings. The monoisotopic (exact) mass is 271 g/mol. The molecule has 0 aromatic heterocycles. The molecule has 2 unspecified atom stereocenters. The van der Waals surface area contributed by atoms with Gasteiger partial charge in [-0.25, -0.2) is 4.79 Å². The van der Waals surface area contributed by atoms with Crippen molar-refractivity contribution in [1.29, 1.82) is 0 Å². The third-order valence-corrected chi connectivity index (χ3v) is 3.01. The lowest BCUT2D eigenvalue weighted by Crippen LogP contribution is -2.53. The molecular formula is C13H21NO5. The van der Waals surface area contributed by atoms with Crippen molar-refractivity contribution >= 4 is 6.09 Å². The summed E-state index contributed by atoms with van der Waals surface area (Å²) in [7, 11) is 0. The number of hydrogen-bond donors (Lipinski definition) is 1. The zero-order chi connectivity index (χ0) is 14.0. The minimum Gasteiger partial charge on any atom is -0.462 e. The molecule has 0 spiro atoms. The molecule has 6 heteroatoms. The number of amides is 1. The molecule has 0 aliphatic carbocycles. The SMILES string of the molecule is CC(C)(C)OC(=O)N1CCCC(O)C1C1=COCO1. The number of carbonyl (C=O) groups excluding carboxylic acids is 1. The van der Waals surface area contributed by atoms with Gasteiger partial charge >= 0.3 is 6.09 Å². The summed E-state index contributed by atoms with van der Waals surface area (Å²) >= 11 is 0. The normalized spacial score (nSPS) is 27.4. The highest BCUT2D eigenvalue weighted by molar-refractivity contribution is 5.69. The maximum absolute atomic E-state index is 12.2. The highest BCUT2D eigenvalue weighted by Crippen LogP contribution is 2.28. The lowest BCUT2D eigenvalue weighted by molar-refractivity contribution is -0.0305. The third kappa shape index (κ3) is 3.32. The smallest absolute Gasteiger partial charge is 0.411 e. The second kappa shape index (κ2) is 5.28. The Morgan fingerprint density at radius 3 is 2.84 bits per heavy atom. The largest absolute Gasteiger partial charge is 0.462 e. The van der Waals surface area contributed by atoms with E-state index in [2.05, 4.69) is 0 Å².